The van der Waals surface area contributed by atoms with E-state index in [0.29, 0.717) is 4.47 Å². The number of imide groups is 1. The molecule has 19 heavy (non-hydrogen) atoms. The molecule has 1 heterocycles. The number of anilines is 1. The largest absolute Gasteiger partial charge is 0.478 e. The molecule has 1 aliphatic heterocycles. The third-order valence-corrected chi connectivity index (χ3v) is 3.55. The van der Waals surface area contributed by atoms with E-state index in [-0.39, 0.29) is 29.5 Å². The van der Waals surface area contributed by atoms with E-state index in [4.69, 9.17) is 0 Å². The Kier molecular flexibility index (Phi) is 3.22. The highest BCUT2D eigenvalue weighted by molar-refractivity contribution is 9.10. The summed E-state index contributed by atoms with van der Waals surface area (Å²) in [6, 6.07) is 4.45. The molecule has 0 bridgehead atoms. The smallest absolute Gasteiger partial charge is 0.337 e. The third-order valence-electron chi connectivity index (χ3n) is 3.05. The van der Waals surface area contributed by atoms with Gasteiger partial charge in [-0.05, 0) is 18.2 Å². The van der Waals surface area contributed by atoms with Crippen molar-refractivity contribution in [1.29, 1.82) is 0 Å². The summed E-state index contributed by atoms with van der Waals surface area (Å²) in [5.74, 6) is -1.93. The third kappa shape index (κ3) is 2.28. The fraction of sp³-hybridized carbons (Fsp3) is 0.308. The zero-order chi connectivity index (χ0) is 14.4. The van der Waals surface area contributed by atoms with Gasteiger partial charge in [-0.15, -0.1) is 0 Å². The van der Waals surface area contributed by atoms with Crippen molar-refractivity contribution < 1.29 is 19.5 Å². The second-order valence-electron chi connectivity index (χ2n) is 5.06. The lowest BCUT2D eigenvalue weighted by molar-refractivity contribution is -0.124. The first-order valence-electron chi connectivity index (χ1n) is 5.64. The quantitative estimate of drug-likeness (QED) is 0.847. The summed E-state index contributed by atoms with van der Waals surface area (Å²) < 4.78 is 0.576. The van der Waals surface area contributed by atoms with Gasteiger partial charge in [0.2, 0.25) is 11.8 Å². The molecule has 0 atom stereocenters. The maximum absolute atomic E-state index is 12.2. The van der Waals surface area contributed by atoms with Crippen LogP contribution >= 0.6 is 15.9 Å². The normalized spacial score (nSPS) is 17.9. The maximum atomic E-state index is 12.2. The lowest BCUT2D eigenvalue weighted by Crippen LogP contribution is -2.34. The number of carboxylic acid groups (broad SMARTS) is 1. The zero-order valence-corrected chi connectivity index (χ0v) is 12.0. The minimum Gasteiger partial charge on any atom is -0.478 e. The van der Waals surface area contributed by atoms with E-state index in [1.54, 1.807) is 19.9 Å². The van der Waals surface area contributed by atoms with Crippen molar-refractivity contribution in [2.75, 3.05) is 4.90 Å². The zero-order valence-electron chi connectivity index (χ0n) is 10.4. The van der Waals surface area contributed by atoms with E-state index in [9.17, 15) is 19.5 Å². The van der Waals surface area contributed by atoms with Crippen LogP contribution in [-0.4, -0.2) is 22.9 Å². The number of rotatable bonds is 2. The molecule has 1 aromatic rings. The predicted molar refractivity (Wildman–Crippen MR) is 72.0 cm³/mol. The molecule has 1 fully saturated rings. The van der Waals surface area contributed by atoms with Crippen molar-refractivity contribution in [2.45, 2.75) is 20.3 Å². The van der Waals surface area contributed by atoms with Crippen LogP contribution in [0.1, 0.15) is 30.6 Å². The first-order valence-corrected chi connectivity index (χ1v) is 6.43. The Labute approximate surface area is 118 Å². The summed E-state index contributed by atoms with van der Waals surface area (Å²) in [7, 11) is 0. The fourth-order valence-electron chi connectivity index (χ4n) is 2.07. The molecule has 0 aliphatic carbocycles. The molecule has 0 saturated carbocycles. The van der Waals surface area contributed by atoms with Gasteiger partial charge in [0.15, 0.2) is 0 Å². The number of halogens is 1. The maximum Gasteiger partial charge on any atom is 0.337 e. The van der Waals surface area contributed by atoms with E-state index in [2.05, 4.69) is 15.9 Å². The molecule has 5 nitrogen and oxygen atoms in total. The molecule has 0 radical (unpaired) electrons. The van der Waals surface area contributed by atoms with Crippen LogP contribution in [0, 0.1) is 5.41 Å². The van der Waals surface area contributed by atoms with Crippen LogP contribution in [0.5, 0.6) is 0 Å². The van der Waals surface area contributed by atoms with Gasteiger partial charge >= 0.3 is 5.97 Å². The second kappa shape index (κ2) is 4.45. The number of carbonyl (C=O) groups excluding carboxylic acids is 2. The van der Waals surface area contributed by atoms with Gasteiger partial charge in [-0.2, -0.15) is 0 Å². The Morgan fingerprint density at radius 2 is 2.00 bits per heavy atom. The number of amides is 2. The molecule has 0 unspecified atom stereocenters. The number of carboxylic acids is 1. The summed E-state index contributed by atoms with van der Waals surface area (Å²) in [5.41, 5.74) is -0.745. The molecule has 1 N–H and O–H groups in total. The Morgan fingerprint density at radius 3 is 2.47 bits per heavy atom. The van der Waals surface area contributed by atoms with Crippen LogP contribution in [0.2, 0.25) is 0 Å². The van der Waals surface area contributed by atoms with Crippen molar-refractivity contribution in [2.24, 2.45) is 5.41 Å². The van der Waals surface area contributed by atoms with Crippen molar-refractivity contribution in [3.8, 4) is 0 Å². The van der Waals surface area contributed by atoms with Crippen LogP contribution in [0.4, 0.5) is 5.69 Å². The van der Waals surface area contributed by atoms with Crippen LogP contribution in [-0.2, 0) is 9.59 Å². The monoisotopic (exact) mass is 325 g/mol. The van der Waals surface area contributed by atoms with Crippen molar-refractivity contribution in [3.63, 3.8) is 0 Å². The number of aromatic carboxylic acids is 1. The van der Waals surface area contributed by atoms with E-state index in [1.807, 2.05) is 0 Å². The summed E-state index contributed by atoms with van der Waals surface area (Å²) in [4.78, 5) is 36.4. The van der Waals surface area contributed by atoms with E-state index >= 15 is 0 Å². The number of hydrogen-bond donors (Lipinski definition) is 1. The highest BCUT2D eigenvalue weighted by Crippen LogP contribution is 2.37. The van der Waals surface area contributed by atoms with Crippen molar-refractivity contribution >= 4 is 39.4 Å². The molecule has 2 amide bonds. The molecule has 6 heteroatoms. The summed E-state index contributed by atoms with van der Waals surface area (Å²) in [5, 5.41) is 9.18. The molecule has 1 aromatic carbocycles. The molecule has 100 valence electrons. The van der Waals surface area contributed by atoms with Crippen LogP contribution < -0.4 is 4.90 Å². The molecule has 1 saturated heterocycles. The molecule has 0 aromatic heterocycles. The second-order valence-corrected chi connectivity index (χ2v) is 5.98. The summed E-state index contributed by atoms with van der Waals surface area (Å²) in [6.07, 6.45) is 0.0843. The predicted octanol–water partition coefficient (Wildman–Crippen LogP) is 2.44. The lowest BCUT2D eigenvalue weighted by Gasteiger charge is -2.19. The van der Waals surface area contributed by atoms with Crippen molar-refractivity contribution in [3.05, 3.63) is 28.2 Å². The number of benzene rings is 1. The number of nitrogens with zero attached hydrogens (tertiary/aromatic N) is 1. The molecular weight excluding hydrogens is 314 g/mol. The fourth-order valence-corrected chi connectivity index (χ4v) is 2.43. The van der Waals surface area contributed by atoms with E-state index in [0.717, 1.165) is 4.90 Å². The van der Waals surface area contributed by atoms with E-state index in [1.165, 1.54) is 12.1 Å². The Hall–Kier alpha value is -1.69. The Morgan fingerprint density at radius 1 is 1.37 bits per heavy atom. The lowest BCUT2D eigenvalue weighted by atomic mass is 9.92. The van der Waals surface area contributed by atoms with Crippen LogP contribution in [0.15, 0.2) is 22.7 Å². The van der Waals surface area contributed by atoms with Crippen LogP contribution in [0.3, 0.4) is 0 Å². The standard InChI is InChI=1S/C13H12BrNO4/c1-13(2)6-10(16)15(12(13)19)9-4-3-7(14)5-8(9)11(17)18/h3-5H,6H2,1-2H3,(H,17,18). The van der Waals surface area contributed by atoms with Gasteiger partial charge in [0.25, 0.3) is 0 Å². The average Bonchev–Trinajstić information content (AvgIpc) is 2.49. The van der Waals surface area contributed by atoms with Gasteiger partial charge < -0.3 is 5.11 Å². The Bertz CT molecular complexity index is 594. The van der Waals surface area contributed by atoms with Crippen molar-refractivity contribution in [1.82, 2.24) is 0 Å². The first-order chi connectivity index (χ1) is 8.74. The summed E-state index contributed by atoms with van der Waals surface area (Å²) >= 11 is 3.17. The minimum absolute atomic E-state index is 0.0752. The first kappa shape index (κ1) is 13.7. The van der Waals surface area contributed by atoms with Gasteiger partial charge in [0.1, 0.15) is 0 Å². The molecule has 1 aliphatic rings. The average molecular weight is 326 g/mol. The van der Waals surface area contributed by atoms with Gasteiger partial charge in [-0.25, -0.2) is 9.69 Å². The number of hydrogen-bond acceptors (Lipinski definition) is 3. The van der Waals surface area contributed by atoms with Gasteiger partial charge in [0, 0.05) is 10.9 Å². The highest BCUT2D eigenvalue weighted by Gasteiger charge is 2.46. The SMILES string of the molecule is CC1(C)CC(=O)N(c2ccc(Br)cc2C(=O)O)C1=O. The van der Waals surface area contributed by atoms with Gasteiger partial charge in [0.05, 0.1) is 16.7 Å². The molecule has 0 spiro atoms. The van der Waals surface area contributed by atoms with Crippen LogP contribution in [0.25, 0.3) is 0 Å². The topological polar surface area (TPSA) is 74.7 Å². The highest BCUT2D eigenvalue weighted by atomic mass is 79.9. The van der Waals surface area contributed by atoms with Gasteiger partial charge in [-0.3, -0.25) is 9.59 Å². The molecule has 2 rings (SSSR count). The van der Waals surface area contributed by atoms with Gasteiger partial charge in [-0.1, -0.05) is 29.8 Å². The minimum atomic E-state index is -1.18. The Balaban J connectivity index is 2.57. The summed E-state index contributed by atoms with van der Waals surface area (Å²) in [6.45, 7) is 3.35. The van der Waals surface area contributed by atoms with E-state index < -0.39 is 11.4 Å². The number of carbonyl (C=O) groups is 3. The molecular formula is C13H12BrNO4.